The molecule has 0 heterocycles. The summed E-state index contributed by atoms with van der Waals surface area (Å²) in [5.74, 6) is 0.615. The smallest absolute Gasteiger partial charge is 0.323 e. The van der Waals surface area contributed by atoms with Gasteiger partial charge in [0.15, 0.2) is 0 Å². The fraction of sp³-hybridized carbons (Fsp3) is 0.917. The second-order valence-electron chi connectivity index (χ2n) is 4.98. The standard InChI is InChI=1S/C12H21NO3/c1-16-12(15)11(8-5-6-8)13-10-4-2-3-9(10)7-14/h8-11,13-14H,2-7H2,1H3. The van der Waals surface area contributed by atoms with E-state index in [-0.39, 0.29) is 24.7 Å². The maximum absolute atomic E-state index is 11.6. The Hall–Kier alpha value is -0.610. The average Bonchev–Trinajstić information content (AvgIpc) is 3.04. The summed E-state index contributed by atoms with van der Waals surface area (Å²) in [4.78, 5) is 11.6. The molecule has 3 unspecified atom stereocenters. The molecule has 2 fully saturated rings. The third-order valence-electron chi connectivity index (χ3n) is 3.84. The first-order valence-electron chi connectivity index (χ1n) is 6.21. The molecule has 2 N–H and O–H groups in total. The topological polar surface area (TPSA) is 58.6 Å². The molecule has 2 aliphatic carbocycles. The number of rotatable bonds is 5. The molecule has 0 radical (unpaired) electrons. The third-order valence-corrected chi connectivity index (χ3v) is 3.84. The van der Waals surface area contributed by atoms with Crippen molar-refractivity contribution < 1.29 is 14.6 Å². The van der Waals surface area contributed by atoms with E-state index in [2.05, 4.69) is 5.32 Å². The lowest BCUT2D eigenvalue weighted by Gasteiger charge is -2.24. The summed E-state index contributed by atoms with van der Waals surface area (Å²) in [6.07, 6.45) is 5.49. The Kier molecular flexibility index (Phi) is 3.82. The summed E-state index contributed by atoms with van der Waals surface area (Å²) in [6.45, 7) is 0.218. The lowest BCUT2D eigenvalue weighted by Crippen LogP contribution is -2.47. The molecule has 0 aromatic heterocycles. The molecule has 0 amide bonds. The third kappa shape index (κ3) is 2.55. The van der Waals surface area contributed by atoms with Crippen molar-refractivity contribution in [2.24, 2.45) is 11.8 Å². The number of hydrogen-bond acceptors (Lipinski definition) is 4. The predicted molar refractivity (Wildman–Crippen MR) is 59.9 cm³/mol. The molecule has 0 aromatic carbocycles. The summed E-state index contributed by atoms with van der Waals surface area (Å²) >= 11 is 0. The maximum atomic E-state index is 11.6. The first kappa shape index (κ1) is 11.9. The van der Waals surface area contributed by atoms with Crippen LogP contribution in [0.15, 0.2) is 0 Å². The van der Waals surface area contributed by atoms with Crippen molar-refractivity contribution >= 4 is 5.97 Å². The van der Waals surface area contributed by atoms with E-state index in [1.54, 1.807) is 0 Å². The average molecular weight is 227 g/mol. The van der Waals surface area contributed by atoms with Crippen molar-refractivity contribution in [2.75, 3.05) is 13.7 Å². The van der Waals surface area contributed by atoms with Crippen LogP contribution in [0.25, 0.3) is 0 Å². The highest BCUT2D eigenvalue weighted by Gasteiger charge is 2.40. The second kappa shape index (κ2) is 5.15. The highest BCUT2D eigenvalue weighted by Crippen LogP contribution is 2.35. The number of aliphatic hydroxyl groups is 1. The van der Waals surface area contributed by atoms with Crippen molar-refractivity contribution in [2.45, 2.75) is 44.2 Å². The maximum Gasteiger partial charge on any atom is 0.323 e. The van der Waals surface area contributed by atoms with E-state index < -0.39 is 0 Å². The van der Waals surface area contributed by atoms with Crippen molar-refractivity contribution in [3.63, 3.8) is 0 Å². The van der Waals surface area contributed by atoms with Gasteiger partial charge in [-0.15, -0.1) is 0 Å². The lowest BCUT2D eigenvalue weighted by molar-refractivity contribution is -0.144. The number of esters is 1. The largest absolute Gasteiger partial charge is 0.468 e. The highest BCUT2D eigenvalue weighted by molar-refractivity contribution is 5.76. The highest BCUT2D eigenvalue weighted by atomic mass is 16.5. The number of carbonyl (C=O) groups excluding carboxylic acids is 1. The Morgan fingerprint density at radius 3 is 2.75 bits per heavy atom. The van der Waals surface area contributed by atoms with Crippen molar-refractivity contribution in [1.29, 1.82) is 0 Å². The fourth-order valence-corrected chi connectivity index (χ4v) is 2.66. The van der Waals surface area contributed by atoms with Gasteiger partial charge in [0, 0.05) is 12.6 Å². The van der Waals surface area contributed by atoms with Crippen LogP contribution in [0.4, 0.5) is 0 Å². The van der Waals surface area contributed by atoms with Crippen LogP contribution in [0.2, 0.25) is 0 Å². The molecule has 4 nitrogen and oxygen atoms in total. The summed E-state index contributed by atoms with van der Waals surface area (Å²) in [7, 11) is 1.44. The van der Waals surface area contributed by atoms with Crippen LogP contribution in [0.5, 0.6) is 0 Å². The van der Waals surface area contributed by atoms with Gasteiger partial charge >= 0.3 is 5.97 Å². The van der Waals surface area contributed by atoms with Gasteiger partial charge in [0.25, 0.3) is 0 Å². The van der Waals surface area contributed by atoms with E-state index in [1.807, 2.05) is 0 Å². The molecular weight excluding hydrogens is 206 g/mol. The summed E-state index contributed by atoms with van der Waals surface area (Å²) in [5.41, 5.74) is 0. The van der Waals surface area contributed by atoms with Gasteiger partial charge in [-0.25, -0.2) is 0 Å². The second-order valence-corrected chi connectivity index (χ2v) is 4.98. The predicted octanol–water partition coefficient (Wildman–Crippen LogP) is 0.689. The minimum atomic E-state index is -0.151. The molecule has 2 aliphatic rings. The van der Waals surface area contributed by atoms with Crippen molar-refractivity contribution in [3.05, 3.63) is 0 Å². The lowest BCUT2D eigenvalue weighted by atomic mass is 10.0. The van der Waals surface area contributed by atoms with Crippen LogP contribution in [-0.2, 0) is 9.53 Å². The van der Waals surface area contributed by atoms with E-state index >= 15 is 0 Å². The molecule has 0 spiro atoms. The van der Waals surface area contributed by atoms with Crippen LogP contribution >= 0.6 is 0 Å². The van der Waals surface area contributed by atoms with Crippen LogP contribution in [-0.4, -0.2) is 36.9 Å². The zero-order valence-electron chi connectivity index (χ0n) is 9.82. The van der Waals surface area contributed by atoms with Crippen molar-refractivity contribution in [1.82, 2.24) is 5.32 Å². The van der Waals surface area contributed by atoms with Gasteiger partial charge in [-0.3, -0.25) is 4.79 Å². The van der Waals surface area contributed by atoms with Gasteiger partial charge in [-0.1, -0.05) is 6.42 Å². The Morgan fingerprint density at radius 1 is 1.44 bits per heavy atom. The molecule has 16 heavy (non-hydrogen) atoms. The Balaban J connectivity index is 1.91. The number of methoxy groups -OCH3 is 1. The zero-order valence-corrected chi connectivity index (χ0v) is 9.82. The normalized spacial score (nSPS) is 31.4. The molecule has 92 valence electrons. The minimum Gasteiger partial charge on any atom is -0.468 e. The molecule has 2 rings (SSSR count). The number of carbonyl (C=O) groups is 1. The number of hydrogen-bond donors (Lipinski definition) is 2. The molecular formula is C12H21NO3. The molecule has 2 saturated carbocycles. The molecule has 0 bridgehead atoms. The molecule has 0 aliphatic heterocycles. The van der Waals surface area contributed by atoms with E-state index in [0.717, 1.165) is 32.1 Å². The molecule has 0 aromatic rings. The minimum absolute atomic E-state index is 0.147. The quantitative estimate of drug-likeness (QED) is 0.678. The summed E-state index contributed by atoms with van der Waals surface area (Å²) in [6, 6.07) is 0.136. The van der Waals surface area contributed by atoms with Gasteiger partial charge in [0.2, 0.25) is 0 Å². The molecule has 3 atom stereocenters. The van der Waals surface area contributed by atoms with Gasteiger partial charge in [0.1, 0.15) is 6.04 Å². The molecule has 4 heteroatoms. The van der Waals surface area contributed by atoms with Crippen molar-refractivity contribution in [3.8, 4) is 0 Å². The number of nitrogens with one attached hydrogen (secondary N) is 1. The van der Waals surface area contributed by atoms with Gasteiger partial charge < -0.3 is 15.2 Å². The van der Waals surface area contributed by atoms with E-state index in [9.17, 15) is 9.90 Å². The fourth-order valence-electron chi connectivity index (χ4n) is 2.66. The number of ether oxygens (including phenoxy) is 1. The van der Waals surface area contributed by atoms with Crippen LogP contribution < -0.4 is 5.32 Å². The molecule has 0 saturated heterocycles. The zero-order chi connectivity index (χ0) is 11.5. The van der Waals surface area contributed by atoms with Gasteiger partial charge in [0.05, 0.1) is 7.11 Å². The first-order chi connectivity index (χ1) is 7.76. The van der Waals surface area contributed by atoms with E-state index in [4.69, 9.17) is 4.74 Å². The Morgan fingerprint density at radius 2 is 2.19 bits per heavy atom. The Bertz CT molecular complexity index is 253. The van der Waals surface area contributed by atoms with Gasteiger partial charge in [-0.05, 0) is 37.5 Å². The monoisotopic (exact) mass is 227 g/mol. The summed E-state index contributed by atoms with van der Waals surface area (Å²) in [5, 5.41) is 12.6. The van der Waals surface area contributed by atoms with Crippen LogP contribution in [0.1, 0.15) is 32.1 Å². The van der Waals surface area contributed by atoms with Crippen LogP contribution in [0.3, 0.4) is 0 Å². The Labute approximate surface area is 96.4 Å². The van der Waals surface area contributed by atoms with E-state index in [1.165, 1.54) is 7.11 Å². The van der Waals surface area contributed by atoms with Crippen LogP contribution in [0, 0.1) is 11.8 Å². The SMILES string of the molecule is COC(=O)C(NC1CCCC1CO)C1CC1. The summed E-state index contributed by atoms with van der Waals surface area (Å²) < 4.78 is 4.83. The first-order valence-corrected chi connectivity index (χ1v) is 6.21. The van der Waals surface area contributed by atoms with Gasteiger partial charge in [-0.2, -0.15) is 0 Å². The van der Waals surface area contributed by atoms with E-state index in [0.29, 0.717) is 11.8 Å². The number of aliphatic hydroxyl groups excluding tert-OH is 1.